The average molecular weight is 573 g/mol. The first kappa shape index (κ1) is 22.9. The Kier molecular flexibility index (Phi) is 8.38. The van der Waals surface area contributed by atoms with E-state index in [4.69, 9.17) is 16.3 Å². The Labute approximate surface area is 200 Å². The Hall–Kier alpha value is -1.81. The SMILES string of the molecule is C=CCn1c(COc2ccc(Br)cc2)nnc1SCC(=O)Nc1ccc(Br)cc1Cl. The summed E-state index contributed by atoms with van der Waals surface area (Å²) in [4.78, 5) is 12.3. The highest BCUT2D eigenvalue weighted by molar-refractivity contribution is 9.10. The van der Waals surface area contributed by atoms with Gasteiger partial charge in [-0.1, -0.05) is 61.3 Å². The number of allylic oxidation sites excluding steroid dienone is 1. The predicted octanol–water partition coefficient (Wildman–Crippen LogP) is 5.95. The van der Waals surface area contributed by atoms with Crippen molar-refractivity contribution >= 4 is 66.8 Å². The van der Waals surface area contributed by atoms with Gasteiger partial charge in [0.05, 0.1) is 16.5 Å². The van der Waals surface area contributed by atoms with Crippen LogP contribution in [0.5, 0.6) is 5.75 Å². The summed E-state index contributed by atoms with van der Waals surface area (Å²) < 4.78 is 9.48. The first-order valence-corrected chi connectivity index (χ1v) is 11.7. The minimum Gasteiger partial charge on any atom is -0.486 e. The molecule has 3 rings (SSSR count). The number of aromatic nitrogens is 3. The third-order valence-corrected chi connectivity index (χ3v) is 6.13. The van der Waals surface area contributed by atoms with Crippen molar-refractivity contribution in [2.24, 2.45) is 0 Å². The second-order valence-corrected chi connectivity index (χ2v) is 9.18. The van der Waals surface area contributed by atoms with E-state index in [1.54, 1.807) is 18.2 Å². The van der Waals surface area contributed by atoms with Gasteiger partial charge in [0.25, 0.3) is 0 Å². The zero-order chi connectivity index (χ0) is 21.5. The quantitative estimate of drug-likeness (QED) is 0.254. The molecule has 0 radical (unpaired) electrons. The lowest BCUT2D eigenvalue weighted by molar-refractivity contribution is -0.113. The van der Waals surface area contributed by atoms with Gasteiger partial charge >= 0.3 is 0 Å². The van der Waals surface area contributed by atoms with Crippen molar-refractivity contribution in [3.05, 3.63) is 74.9 Å². The van der Waals surface area contributed by atoms with Gasteiger partial charge in [0.2, 0.25) is 5.91 Å². The fraction of sp³-hybridized carbons (Fsp3) is 0.150. The lowest BCUT2D eigenvalue weighted by Crippen LogP contribution is -2.15. The summed E-state index contributed by atoms with van der Waals surface area (Å²) >= 11 is 14.2. The van der Waals surface area contributed by atoms with Gasteiger partial charge in [-0.05, 0) is 42.5 Å². The van der Waals surface area contributed by atoms with Gasteiger partial charge in [0.15, 0.2) is 11.0 Å². The van der Waals surface area contributed by atoms with E-state index in [2.05, 4.69) is 54.0 Å². The second-order valence-electron chi connectivity index (χ2n) is 6.00. The zero-order valence-electron chi connectivity index (χ0n) is 15.6. The van der Waals surface area contributed by atoms with Crippen LogP contribution in [0.3, 0.4) is 0 Å². The van der Waals surface area contributed by atoms with Crippen LogP contribution in [0, 0.1) is 0 Å². The molecule has 10 heteroatoms. The highest BCUT2D eigenvalue weighted by Crippen LogP contribution is 2.26. The van der Waals surface area contributed by atoms with Crippen molar-refractivity contribution in [3.63, 3.8) is 0 Å². The Morgan fingerprint density at radius 2 is 1.93 bits per heavy atom. The fourth-order valence-corrected chi connectivity index (χ4v) is 4.18. The molecular weight excluding hydrogens is 556 g/mol. The predicted molar refractivity (Wildman–Crippen MR) is 127 cm³/mol. The lowest BCUT2D eigenvalue weighted by atomic mass is 10.3. The molecule has 1 heterocycles. The van der Waals surface area contributed by atoms with Crippen molar-refractivity contribution in [3.8, 4) is 5.75 Å². The van der Waals surface area contributed by atoms with Gasteiger partial charge < -0.3 is 10.1 Å². The Balaban J connectivity index is 1.61. The number of thioether (sulfide) groups is 1. The normalized spacial score (nSPS) is 10.6. The Morgan fingerprint density at radius 3 is 2.63 bits per heavy atom. The van der Waals surface area contributed by atoms with Gasteiger partial charge in [-0.3, -0.25) is 9.36 Å². The van der Waals surface area contributed by atoms with E-state index in [1.807, 2.05) is 34.9 Å². The van der Waals surface area contributed by atoms with Crippen LogP contribution in [-0.2, 0) is 17.9 Å². The first-order valence-electron chi connectivity index (χ1n) is 8.75. The van der Waals surface area contributed by atoms with E-state index in [1.165, 1.54) is 11.8 Å². The lowest BCUT2D eigenvalue weighted by Gasteiger charge is -2.10. The maximum Gasteiger partial charge on any atom is 0.234 e. The summed E-state index contributed by atoms with van der Waals surface area (Å²) in [5.41, 5.74) is 0.557. The number of nitrogens with one attached hydrogen (secondary N) is 1. The van der Waals surface area contributed by atoms with Gasteiger partial charge in [-0.15, -0.1) is 16.8 Å². The Morgan fingerprint density at radius 1 is 1.20 bits per heavy atom. The molecule has 3 aromatic rings. The fourth-order valence-electron chi connectivity index (χ4n) is 2.43. The molecule has 0 aliphatic rings. The monoisotopic (exact) mass is 570 g/mol. The largest absolute Gasteiger partial charge is 0.486 e. The Bertz CT molecular complexity index is 1040. The number of benzene rings is 2. The van der Waals surface area contributed by atoms with E-state index in [-0.39, 0.29) is 18.3 Å². The molecule has 0 bridgehead atoms. The molecule has 30 heavy (non-hydrogen) atoms. The summed E-state index contributed by atoms with van der Waals surface area (Å²) in [5.74, 6) is 1.35. The molecule has 0 atom stereocenters. The average Bonchev–Trinajstić information content (AvgIpc) is 3.10. The summed E-state index contributed by atoms with van der Waals surface area (Å²) in [6.45, 7) is 4.55. The van der Waals surface area contributed by atoms with Gasteiger partial charge in [-0.25, -0.2) is 0 Å². The number of rotatable bonds is 9. The molecule has 0 aliphatic heterocycles. The number of nitrogens with zero attached hydrogens (tertiary/aromatic N) is 3. The maximum atomic E-state index is 12.3. The number of carbonyl (C=O) groups is 1. The summed E-state index contributed by atoms with van der Waals surface area (Å²) in [5, 5.41) is 12.3. The number of ether oxygens (including phenoxy) is 1. The van der Waals surface area contributed by atoms with Crippen LogP contribution in [0.2, 0.25) is 5.02 Å². The molecule has 0 saturated heterocycles. The van der Waals surface area contributed by atoms with Crippen LogP contribution >= 0.6 is 55.2 Å². The second kappa shape index (κ2) is 11.0. The van der Waals surface area contributed by atoms with Crippen LogP contribution in [-0.4, -0.2) is 26.4 Å². The topological polar surface area (TPSA) is 69.0 Å². The minimum atomic E-state index is -0.190. The molecule has 1 amide bonds. The number of hydrogen-bond donors (Lipinski definition) is 1. The number of halogens is 3. The molecule has 1 aromatic heterocycles. The van der Waals surface area contributed by atoms with E-state index in [0.717, 1.165) is 14.7 Å². The third kappa shape index (κ3) is 6.34. The molecule has 6 nitrogen and oxygen atoms in total. The van der Waals surface area contributed by atoms with Gasteiger partial charge in [-0.2, -0.15) is 0 Å². The van der Waals surface area contributed by atoms with Gasteiger partial charge in [0.1, 0.15) is 12.4 Å². The maximum absolute atomic E-state index is 12.3. The molecule has 0 unspecified atom stereocenters. The number of carbonyl (C=O) groups excluding carboxylic acids is 1. The van der Waals surface area contributed by atoms with Crippen molar-refractivity contribution in [2.45, 2.75) is 18.3 Å². The van der Waals surface area contributed by atoms with Crippen LogP contribution in [0.15, 0.2) is 69.2 Å². The molecule has 0 aliphatic carbocycles. The van der Waals surface area contributed by atoms with E-state index in [0.29, 0.717) is 28.2 Å². The molecule has 0 saturated carbocycles. The number of hydrogen-bond acceptors (Lipinski definition) is 5. The van der Waals surface area contributed by atoms with Crippen molar-refractivity contribution < 1.29 is 9.53 Å². The van der Waals surface area contributed by atoms with Crippen LogP contribution < -0.4 is 10.1 Å². The van der Waals surface area contributed by atoms with E-state index in [9.17, 15) is 4.79 Å². The third-order valence-electron chi connectivity index (χ3n) is 3.82. The number of anilines is 1. The smallest absolute Gasteiger partial charge is 0.234 e. The number of amides is 1. The van der Waals surface area contributed by atoms with Crippen molar-refractivity contribution in [2.75, 3.05) is 11.1 Å². The summed E-state index contributed by atoms with van der Waals surface area (Å²) in [6, 6.07) is 12.8. The minimum absolute atomic E-state index is 0.162. The molecule has 0 spiro atoms. The molecule has 156 valence electrons. The molecule has 0 fully saturated rings. The van der Waals surface area contributed by atoms with E-state index < -0.39 is 0 Å². The molecular formula is C20H17Br2ClN4O2S. The summed E-state index contributed by atoms with van der Waals surface area (Å²) in [6.07, 6.45) is 1.75. The van der Waals surface area contributed by atoms with Crippen LogP contribution in [0.25, 0.3) is 0 Å². The molecule has 2 aromatic carbocycles. The van der Waals surface area contributed by atoms with Crippen LogP contribution in [0.1, 0.15) is 5.82 Å². The highest BCUT2D eigenvalue weighted by Gasteiger charge is 2.15. The highest BCUT2D eigenvalue weighted by atomic mass is 79.9. The molecule has 1 N–H and O–H groups in total. The summed E-state index contributed by atoms with van der Waals surface area (Å²) in [7, 11) is 0. The van der Waals surface area contributed by atoms with E-state index >= 15 is 0 Å². The standard InChI is InChI=1S/C20H17Br2ClN4O2S/c1-2-9-27-18(11-29-15-6-3-13(21)4-7-15)25-26-20(27)30-12-19(28)24-17-8-5-14(22)10-16(17)23/h2-8,10H,1,9,11-12H2,(H,24,28). The van der Waals surface area contributed by atoms with Crippen LogP contribution in [0.4, 0.5) is 5.69 Å². The van der Waals surface area contributed by atoms with Gasteiger partial charge in [0, 0.05) is 15.5 Å². The van der Waals surface area contributed by atoms with Crippen molar-refractivity contribution in [1.82, 2.24) is 14.8 Å². The van der Waals surface area contributed by atoms with Crippen molar-refractivity contribution in [1.29, 1.82) is 0 Å². The first-order chi connectivity index (χ1) is 14.5. The zero-order valence-corrected chi connectivity index (χ0v) is 20.4.